The number of benzene rings is 1. The monoisotopic (exact) mass is 640 g/mol. The Balaban J connectivity index is 1.03. The van der Waals surface area contributed by atoms with E-state index >= 15 is 0 Å². The van der Waals surface area contributed by atoms with E-state index in [4.69, 9.17) is 9.72 Å². The maximum Gasteiger partial charge on any atom is 0.410 e. The molecular weight excluding hydrogens is 592 g/mol. The van der Waals surface area contributed by atoms with Gasteiger partial charge in [0.25, 0.3) is 0 Å². The van der Waals surface area contributed by atoms with Crippen molar-refractivity contribution in [3.8, 4) is 11.1 Å². The van der Waals surface area contributed by atoms with Gasteiger partial charge in [-0.15, -0.1) is 0 Å². The quantitative estimate of drug-likeness (QED) is 0.305. The van der Waals surface area contributed by atoms with Crippen LogP contribution in [0.15, 0.2) is 55.0 Å². The average Bonchev–Trinajstić information content (AvgIpc) is 3.82. The third-order valence-corrected chi connectivity index (χ3v) is 10.7. The van der Waals surface area contributed by atoms with Gasteiger partial charge in [-0.05, 0) is 100.0 Å². The second kappa shape index (κ2) is 13.7. The molecule has 0 unspecified atom stereocenters. The summed E-state index contributed by atoms with van der Waals surface area (Å²) in [6.07, 6.45) is 14.5. The summed E-state index contributed by atoms with van der Waals surface area (Å²) in [6, 6.07) is 13.2. The molecule has 47 heavy (non-hydrogen) atoms. The van der Waals surface area contributed by atoms with Crippen LogP contribution in [-0.4, -0.2) is 82.7 Å². The van der Waals surface area contributed by atoms with E-state index in [9.17, 15) is 14.7 Å². The molecule has 4 fully saturated rings. The van der Waals surface area contributed by atoms with Gasteiger partial charge in [0.15, 0.2) is 0 Å². The third kappa shape index (κ3) is 7.32. The first kappa shape index (κ1) is 31.7. The van der Waals surface area contributed by atoms with E-state index in [0.29, 0.717) is 63.2 Å². The molecule has 0 bridgehead atoms. The minimum atomic E-state index is -0.448. The molecule has 4 aliphatic rings. The van der Waals surface area contributed by atoms with Crippen molar-refractivity contribution in [2.75, 3.05) is 43.5 Å². The van der Waals surface area contributed by atoms with Crippen LogP contribution in [0.5, 0.6) is 0 Å². The molecule has 3 aliphatic carbocycles. The Morgan fingerprint density at radius 1 is 0.894 bits per heavy atom. The predicted molar refractivity (Wildman–Crippen MR) is 181 cm³/mol. The zero-order valence-corrected chi connectivity index (χ0v) is 27.7. The number of carbonyl (C=O) groups excluding carboxylic acids is 2. The number of hydrogen-bond acceptors (Lipinski definition) is 7. The van der Waals surface area contributed by atoms with E-state index in [1.807, 2.05) is 26.5 Å². The van der Waals surface area contributed by atoms with Crippen molar-refractivity contribution in [1.82, 2.24) is 19.7 Å². The summed E-state index contributed by atoms with van der Waals surface area (Å²) in [4.78, 5) is 37.3. The first-order valence-corrected chi connectivity index (χ1v) is 17.5. The molecule has 0 atom stereocenters. The van der Waals surface area contributed by atoms with E-state index in [1.54, 1.807) is 0 Å². The number of aliphatic hydroxyl groups excluding tert-OH is 1. The number of β-amino-alcohol motifs (C(OH)–C–C–N with tert-alkyl or cyclic N) is 1. The summed E-state index contributed by atoms with van der Waals surface area (Å²) in [6.45, 7) is 1.38. The highest BCUT2D eigenvalue weighted by molar-refractivity contribution is 5.95. The fraction of sp³-hybridized carbons (Fsp3) is 0.568. The standard InChI is InChI=1S/C37H48N6O4/c1-40(2)32-14-17-35(38-20-32)26-8-6-25(7-9-26)21-42(31-5-3-4-28(18-31)29-19-39-43(22-29)30-12-13-30)36(45)27-10-15-34(16-11-27)47-37(46)41-23-33(44)24-41/h3-5,14,17-20,22,25-27,30,33-34,44H,6-13,15-16,21,23-24H2,1-2H3. The van der Waals surface area contributed by atoms with Crippen molar-refractivity contribution in [2.24, 2.45) is 11.8 Å². The number of rotatable bonds is 9. The van der Waals surface area contributed by atoms with Crippen molar-refractivity contribution in [1.29, 1.82) is 0 Å². The van der Waals surface area contributed by atoms with Gasteiger partial charge in [0.05, 0.1) is 43.3 Å². The number of hydrogen-bond donors (Lipinski definition) is 1. The third-order valence-electron chi connectivity index (χ3n) is 10.7. The highest BCUT2D eigenvalue weighted by atomic mass is 16.6. The van der Waals surface area contributed by atoms with Gasteiger partial charge in [0.2, 0.25) is 5.91 Å². The molecule has 1 saturated heterocycles. The minimum Gasteiger partial charge on any atom is -0.446 e. The molecule has 2 amide bonds. The maximum absolute atomic E-state index is 14.4. The Kier molecular flexibility index (Phi) is 9.21. The SMILES string of the molecule is CN(C)c1ccc(C2CCC(CN(C(=O)C3CCC(OC(=O)N4CC(O)C4)CC3)c3cccc(-c4cnn(C5CC5)c4)c3)CC2)nc1. The Morgan fingerprint density at radius 3 is 2.32 bits per heavy atom. The molecule has 3 aromatic rings. The van der Waals surface area contributed by atoms with Gasteiger partial charge in [0.1, 0.15) is 6.10 Å². The van der Waals surface area contributed by atoms with E-state index in [2.05, 4.69) is 62.2 Å². The van der Waals surface area contributed by atoms with Crippen molar-refractivity contribution in [3.63, 3.8) is 0 Å². The number of aliphatic hydroxyl groups is 1. The van der Waals surface area contributed by atoms with Crippen molar-refractivity contribution in [3.05, 3.63) is 60.7 Å². The van der Waals surface area contributed by atoms with Crippen LogP contribution in [0.3, 0.4) is 0 Å². The number of aromatic nitrogens is 3. The normalized spacial score (nSPS) is 24.8. The van der Waals surface area contributed by atoms with Gasteiger partial charge in [-0.3, -0.25) is 14.5 Å². The number of likely N-dealkylation sites (tertiary alicyclic amines) is 1. The van der Waals surface area contributed by atoms with Gasteiger partial charge in [-0.2, -0.15) is 5.10 Å². The zero-order chi connectivity index (χ0) is 32.5. The van der Waals surface area contributed by atoms with E-state index in [0.717, 1.165) is 48.2 Å². The zero-order valence-electron chi connectivity index (χ0n) is 27.7. The molecule has 3 saturated carbocycles. The summed E-state index contributed by atoms with van der Waals surface area (Å²) < 4.78 is 7.80. The second-order valence-corrected chi connectivity index (χ2v) is 14.4. The summed E-state index contributed by atoms with van der Waals surface area (Å²) in [5, 5.41) is 14.1. The van der Waals surface area contributed by atoms with Crippen molar-refractivity contribution < 1.29 is 19.4 Å². The molecule has 0 spiro atoms. The highest BCUT2D eigenvalue weighted by Crippen LogP contribution is 2.39. The number of ether oxygens (including phenoxy) is 1. The van der Waals surface area contributed by atoms with Crippen LogP contribution < -0.4 is 9.80 Å². The fourth-order valence-electron chi connectivity index (χ4n) is 7.47. The molecule has 7 rings (SSSR count). The largest absolute Gasteiger partial charge is 0.446 e. The molecule has 1 aliphatic heterocycles. The van der Waals surface area contributed by atoms with Crippen LogP contribution in [0.4, 0.5) is 16.2 Å². The average molecular weight is 641 g/mol. The van der Waals surface area contributed by atoms with E-state index in [1.165, 1.54) is 23.4 Å². The summed E-state index contributed by atoms with van der Waals surface area (Å²) in [5.74, 6) is 0.944. The minimum absolute atomic E-state index is 0.104. The molecule has 0 radical (unpaired) electrons. The van der Waals surface area contributed by atoms with Crippen LogP contribution in [0.1, 0.15) is 81.9 Å². The van der Waals surface area contributed by atoms with Crippen LogP contribution in [0, 0.1) is 11.8 Å². The summed E-state index contributed by atoms with van der Waals surface area (Å²) in [7, 11) is 4.07. The molecule has 1 aromatic carbocycles. The van der Waals surface area contributed by atoms with Gasteiger partial charge < -0.3 is 24.5 Å². The number of amides is 2. The second-order valence-electron chi connectivity index (χ2n) is 14.4. The molecule has 10 nitrogen and oxygen atoms in total. The smallest absolute Gasteiger partial charge is 0.410 e. The van der Waals surface area contributed by atoms with Crippen LogP contribution >= 0.6 is 0 Å². The molecule has 2 aromatic heterocycles. The van der Waals surface area contributed by atoms with Gasteiger partial charge >= 0.3 is 6.09 Å². The number of nitrogens with zero attached hydrogens (tertiary/aromatic N) is 6. The lowest BCUT2D eigenvalue weighted by Gasteiger charge is -2.38. The van der Waals surface area contributed by atoms with E-state index in [-0.39, 0.29) is 24.0 Å². The van der Waals surface area contributed by atoms with Gasteiger partial charge in [-0.25, -0.2) is 4.79 Å². The Morgan fingerprint density at radius 2 is 1.66 bits per heavy atom. The Hall–Kier alpha value is -3.92. The molecule has 250 valence electrons. The molecule has 3 heterocycles. The number of anilines is 2. The lowest BCUT2D eigenvalue weighted by molar-refractivity contribution is -0.124. The van der Waals surface area contributed by atoms with Crippen LogP contribution in [-0.2, 0) is 9.53 Å². The lowest BCUT2D eigenvalue weighted by Crippen LogP contribution is -2.54. The van der Waals surface area contributed by atoms with Gasteiger partial charge in [0, 0.05) is 55.6 Å². The van der Waals surface area contributed by atoms with Crippen molar-refractivity contribution in [2.45, 2.75) is 88.4 Å². The molecule has 10 heteroatoms. The topological polar surface area (TPSA) is 104 Å². The lowest BCUT2D eigenvalue weighted by atomic mass is 9.79. The van der Waals surface area contributed by atoms with Crippen LogP contribution in [0.25, 0.3) is 11.1 Å². The van der Waals surface area contributed by atoms with Gasteiger partial charge in [-0.1, -0.05) is 12.1 Å². The van der Waals surface area contributed by atoms with Crippen LogP contribution in [0.2, 0.25) is 0 Å². The first-order chi connectivity index (χ1) is 22.8. The van der Waals surface area contributed by atoms with E-state index < -0.39 is 6.10 Å². The Labute approximate surface area is 277 Å². The maximum atomic E-state index is 14.4. The highest BCUT2D eigenvalue weighted by Gasteiger charge is 2.36. The number of pyridine rings is 1. The molecule has 1 N–H and O–H groups in total. The predicted octanol–water partition coefficient (Wildman–Crippen LogP) is 6.02. The molecular formula is C37H48N6O4. The Bertz CT molecular complexity index is 1530. The summed E-state index contributed by atoms with van der Waals surface area (Å²) >= 11 is 0. The number of carbonyl (C=O) groups is 2. The van der Waals surface area contributed by atoms with Crippen molar-refractivity contribution >= 4 is 23.4 Å². The summed E-state index contributed by atoms with van der Waals surface area (Å²) in [5.41, 5.74) is 5.39. The fourth-order valence-corrected chi connectivity index (χ4v) is 7.47. The first-order valence-electron chi connectivity index (χ1n) is 17.5.